The number of ether oxygens (including phenoxy) is 2. The van der Waals surface area contributed by atoms with E-state index in [0.717, 1.165) is 87.1 Å². The van der Waals surface area contributed by atoms with Gasteiger partial charge in [0.05, 0.1) is 16.8 Å². The highest BCUT2D eigenvalue weighted by atomic mass is 32.2. The van der Waals surface area contributed by atoms with Crippen LogP contribution in [0.2, 0.25) is 0 Å². The Balaban J connectivity index is 1.10. The van der Waals surface area contributed by atoms with Crippen LogP contribution in [0.1, 0.15) is 236 Å². The number of thioether (sulfide) groups is 1. The molecule has 78 heavy (non-hydrogen) atoms. The number of carbonyl (C=O) groups excluding carboxylic acids is 4. The second-order valence-electron chi connectivity index (χ2n) is 22.6. The van der Waals surface area contributed by atoms with E-state index in [1.54, 1.807) is 12.1 Å². The quantitative estimate of drug-likeness (QED) is 0.0158. The van der Waals surface area contributed by atoms with Gasteiger partial charge in [0.1, 0.15) is 25.3 Å². The number of rotatable bonds is 42. The SMILES string of the molecule is C=CCCCCCCCCC(CCCCCCCCC=C)OC(=O)C1CCN(c2ccc(C3=C([O-])/C(=C4/C=CC(=[N+]5CCC(C(=O)OC(CCCCCCCCC=C)CCCCCCCCC=C)CC5)S4)C(=O)C3=O)s2)CC1. The maximum absolute atomic E-state index is 14.1. The van der Waals surface area contributed by atoms with E-state index in [1.165, 1.54) is 152 Å². The fourth-order valence-corrected chi connectivity index (χ4v) is 13.7. The third-order valence-corrected chi connectivity index (χ3v) is 18.7. The topological polar surface area (TPSA) is 116 Å². The number of thiophene rings is 1. The van der Waals surface area contributed by atoms with Gasteiger partial charge >= 0.3 is 11.9 Å². The van der Waals surface area contributed by atoms with Gasteiger partial charge in [0.15, 0.2) is 0 Å². The van der Waals surface area contributed by atoms with Crippen molar-refractivity contribution < 1.29 is 38.3 Å². The Morgan fingerprint density at radius 1 is 0.551 bits per heavy atom. The second kappa shape index (κ2) is 38.4. The van der Waals surface area contributed by atoms with Crippen LogP contribution < -0.4 is 10.0 Å². The number of nitrogens with zero attached hydrogens (tertiary/aromatic N) is 2. The number of hydrogen-bond donors (Lipinski definition) is 0. The highest BCUT2D eigenvalue weighted by molar-refractivity contribution is 8.18. The first-order chi connectivity index (χ1) is 38.2. The van der Waals surface area contributed by atoms with Crippen LogP contribution in [0, 0.1) is 11.8 Å². The molecular weight excluding hydrogens is 1010 g/mol. The van der Waals surface area contributed by atoms with Gasteiger partial charge in [-0.2, -0.15) is 0 Å². The molecule has 4 heterocycles. The Morgan fingerprint density at radius 2 is 0.936 bits per heavy atom. The lowest BCUT2D eigenvalue weighted by Crippen LogP contribution is -2.37. The van der Waals surface area contributed by atoms with Crippen LogP contribution in [0.3, 0.4) is 0 Å². The van der Waals surface area contributed by atoms with E-state index in [0.29, 0.717) is 61.6 Å². The molecule has 1 aromatic rings. The molecule has 1 aromatic heterocycles. The number of ketones is 2. The number of hydrogen-bond acceptors (Lipinski definition) is 10. The van der Waals surface area contributed by atoms with E-state index >= 15 is 0 Å². The molecule has 0 N–H and O–H groups in total. The molecule has 1 aliphatic carbocycles. The van der Waals surface area contributed by atoms with Crippen molar-refractivity contribution >= 4 is 62.2 Å². The summed E-state index contributed by atoms with van der Waals surface area (Å²) in [6, 6.07) is 3.71. The summed E-state index contributed by atoms with van der Waals surface area (Å²) in [5.74, 6) is -2.48. The number of anilines is 1. The lowest BCUT2D eigenvalue weighted by atomic mass is 9.96. The summed E-state index contributed by atoms with van der Waals surface area (Å²) in [7, 11) is 0. The Bertz CT molecular complexity index is 2120. The van der Waals surface area contributed by atoms with Gasteiger partial charge < -0.3 is 19.5 Å². The van der Waals surface area contributed by atoms with Crippen molar-refractivity contribution in [1.82, 2.24) is 0 Å². The molecule has 9 nitrogen and oxygen atoms in total. The maximum atomic E-state index is 14.1. The molecule has 0 atom stereocenters. The molecule has 0 saturated carbocycles. The van der Waals surface area contributed by atoms with E-state index in [4.69, 9.17) is 9.47 Å². The fourth-order valence-electron chi connectivity index (χ4n) is 11.5. The van der Waals surface area contributed by atoms with Gasteiger partial charge in [-0.25, -0.2) is 4.58 Å². The third-order valence-electron chi connectivity index (χ3n) is 16.4. The monoisotopic (exact) mass is 1110 g/mol. The summed E-state index contributed by atoms with van der Waals surface area (Å²) in [6.45, 7) is 18.0. The predicted octanol–water partition coefficient (Wildman–Crippen LogP) is 16.6. The second-order valence-corrected chi connectivity index (χ2v) is 24.7. The summed E-state index contributed by atoms with van der Waals surface area (Å²) in [5.41, 5.74) is -0.107. The highest BCUT2D eigenvalue weighted by Gasteiger charge is 2.38. The molecule has 432 valence electrons. The molecule has 11 heteroatoms. The smallest absolute Gasteiger partial charge is 0.309 e. The first kappa shape index (κ1) is 64.6. The zero-order valence-electron chi connectivity index (χ0n) is 48.1. The lowest BCUT2D eigenvalue weighted by molar-refractivity contribution is -0.536. The molecule has 0 bridgehead atoms. The van der Waals surface area contributed by atoms with Gasteiger partial charge in [0.2, 0.25) is 16.6 Å². The van der Waals surface area contributed by atoms with Gasteiger partial charge in [-0.3, -0.25) is 19.2 Å². The first-order valence-corrected chi connectivity index (χ1v) is 32.7. The molecule has 0 amide bonds. The van der Waals surface area contributed by atoms with Gasteiger partial charge in [-0.05, 0) is 146 Å². The van der Waals surface area contributed by atoms with Crippen LogP contribution in [-0.2, 0) is 28.7 Å². The minimum absolute atomic E-state index is 0.0334. The van der Waals surface area contributed by atoms with Crippen molar-refractivity contribution in [1.29, 1.82) is 0 Å². The average molecular weight is 1110 g/mol. The van der Waals surface area contributed by atoms with E-state index in [1.807, 2.05) is 36.4 Å². The van der Waals surface area contributed by atoms with Crippen molar-refractivity contribution in [3.05, 3.63) is 96.0 Å². The highest BCUT2D eigenvalue weighted by Crippen LogP contribution is 2.42. The molecule has 5 rings (SSSR count). The average Bonchev–Trinajstić information content (AvgIpc) is 4.20. The molecule has 0 radical (unpaired) electrons. The number of carbonyl (C=O) groups is 4. The molecule has 4 aliphatic rings. The summed E-state index contributed by atoms with van der Waals surface area (Å²) in [4.78, 5) is 57.7. The molecule has 0 spiro atoms. The largest absolute Gasteiger partial charge is 0.871 e. The minimum atomic E-state index is -0.752. The summed E-state index contributed by atoms with van der Waals surface area (Å²) in [5, 5.41) is 15.9. The van der Waals surface area contributed by atoms with Crippen LogP contribution in [0.25, 0.3) is 5.57 Å². The van der Waals surface area contributed by atoms with Crippen molar-refractivity contribution in [3.8, 4) is 0 Å². The zero-order chi connectivity index (χ0) is 55.6. The Kier molecular flexibility index (Phi) is 31.8. The van der Waals surface area contributed by atoms with Crippen molar-refractivity contribution in [2.24, 2.45) is 11.8 Å². The van der Waals surface area contributed by atoms with Gasteiger partial charge in [-0.15, -0.1) is 37.7 Å². The van der Waals surface area contributed by atoms with Gasteiger partial charge in [0, 0.05) is 52.9 Å². The van der Waals surface area contributed by atoms with E-state index in [-0.39, 0.29) is 47.1 Å². The van der Waals surface area contributed by atoms with Crippen molar-refractivity contribution in [2.45, 2.75) is 243 Å². The Labute approximate surface area is 480 Å². The third kappa shape index (κ3) is 22.7. The van der Waals surface area contributed by atoms with Gasteiger partial charge in [0.25, 0.3) is 0 Å². The zero-order valence-corrected chi connectivity index (χ0v) is 49.7. The van der Waals surface area contributed by atoms with Crippen LogP contribution in [-0.4, -0.2) is 71.5 Å². The molecule has 0 aromatic carbocycles. The number of esters is 2. The summed E-state index contributed by atoms with van der Waals surface area (Å²) in [6.07, 6.45) is 51.1. The van der Waals surface area contributed by atoms with Crippen LogP contribution in [0.5, 0.6) is 0 Å². The molecule has 2 saturated heterocycles. The molecular formula is C67H100N2O7S2. The normalized spacial score (nSPS) is 18.0. The molecule has 3 aliphatic heterocycles. The molecule has 2 fully saturated rings. The maximum Gasteiger partial charge on any atom is 0.309 e. The standard InChI is InChI=1S/C67H100N2O7S2/c1-5-9-13-17-21-25-29-33-37-55(38-34-30-26-22-18-14-10-6-2)75-66(73)53-45-49-68(50-46-53)59-43-41-57(77-59)61-63(70)62(65(72)64(61)71)58-42-44-60(78-58)69-51-47-54(48-52-69)67(74)76-56(39-35-31-27-23-19-15-11-7-3)40-36-32-28-24-20-16-12-8-4/h5-8,41-44,53-56H,1-4,9-40,45-52H2. The Hall–Kier alpha value is -4.22. The van der Waals surface area contributed by atoms with Crippen LogP contribution >= 0.6 is 23.1 Å². The number of unbranched alkanes of at least 4 members (excludes halogenated alkanes) is 24. The Morgan fingerprint density at radius 3 is 1.36 bits per heavy atom. The minimum Gasteiger partial charge on any atom is -0.871 e. The summed E-state index contributed by atoms with van der Waals surface area (Å²) < 4.78 is 14.8. The summed E-state index contributed by atoms with van der Waals surface area (Å²) >= 11 is 2.72. The van der Waals surface area contributed by atoms with Crippen molar-refractivity contribution in [3.63, 3.8) is 0 Å². The van der Waals surface area contributed by atoms with Gasteiger partial charge in [-0.1, -0.05) is 133 Å². The molecule has 0 unspecified atom stereocenters. The fraction of sp³-hybridized carbons (Fsp3) is 0.657. The predicted molar refractivity (Wildman–Crippen MR) is 326 cm³/mol. The lowest BCUT2D eigenvalue weighted by Gasteiger charge is -2.32. The van der Waals surface area contributed by atoms with Crippen LogP contribution in [0.15, 0.2) is 91.1 Å². The van der Waals surface area contributed by atoms with Crippen LogP contribution in [0.4, 0.5) is 5.00 Å². The number of piperidine rings is 2. The van der Waals surface area contributed by atoms with E-state index in [9.17, 15) is 24.3 Å². The van der Waals surface area contributed by atoms with E-state index in [2.05, 4.69) is 35.8 Å². The number of allylic oxidation sites excluding steroid dienone is 7. The van der Waals surface area contributed by atoms with Crippen molar-refractivity contribution in [2.75, 3.05) is 31.1 Å². The first-order valence-electron chi connectivity index (χ1n) is 31.1. The number of Topliss-reactive ketones (excluding diaryl/α,β-unsaturated/α-hetero) is 2. The van der Waals surface area contributed by atoms with E-state index < -0.39 is 17.3 Å².